The lowest BCUT2D eigenvalue weighted by Crippen LogP contribution is -2.32. The van der Waals surface area contributed by atoms with Gasteiger partial charge in [0.25, 0.3) is 0 Å². The fourth-order valence-corrected chi connectivity index (χ4v) is 4.98. The van der Waals surface area contributed by atoms with E-state index in [0.717, 1.165) is 51.4 Å². The summed E-state index contributed by atoms with van der Waals surface area (Å²) in [6.07, 6.45) is 0.748. The van der Waals surface area contributed by atoms with E-state index < -0.39 is 9.84 Å². The first kappa shape index (κ1) is 20.1. The number of ether oxygens (including phenoxy) is 1. The summed E-state index contributed by atoms with van der Waals surface area (Å²) in [6, 6.07) is 9.34. The summed E-state index contributed by atoms with van der Waals surface area (Å²) in [5.74, 6) is 2.76. The van der Waals surface area contributed by atoms with Crippen molar-refractivity contribution in [1.82, 2.24) is 9.80 Å². The fourth-order valence-electron chi connectivity index (χ4n) is 4.12. The Kier molecular flexibility index (Phi) is 6.74. The Morgan fingerprint density at radius 1 is 1.07 bits per heavy atom. The molecular formula is C20H29N3O3S. The topological polar surface area (TPSA) is 73.6 Å². The van der Waals surface area contributed by atoms with Crippen molar-refractivity contribution in [3.05, 3.63) is 29.8 Å². The van der Waals surface area contributed by atoms with Crippen LogP contribution in [0.15, 0.2) is 24.3 Å². The van der Waals surface area contributed by atoms with Gasteiger partial charge in [-0.2, -0.15) is 5.26 Å². The minimum atomic E-state index is -2.84. The van der Waals surface area contributed by atoms with Crippen LogP contribution in [0.5, 0.6) is 5.75 Å². The second-order valence-electron chi connectivity index (χ2n) is 7.61. The molecule has 2 saturated heterocycles. The maximum atomic E-state index is 11.6. The summed E-state index contributed by atoms with van der Waals surface area (Å²) in [6.45, 7) is 8.57. The van der Waals surface area contributed by atoms with E-state index in [4.69, 9.17) is 10.00 Å². The summed E-state index contributed by atoms with van der Waals surface area (Å²) in [5, 5.41) is 8.81. The quantitative estimate of drug-likeness (QED) is 0.637. The van der Waals surface area contributed by atoms with E-state index in [1.807, 2.05) is 12.1 Å². The van der Waals surface area contributed by atoms with Gasteiger partial charge in [0.1, 0.15) is 22.2 Å². The van der Waals surface area contributed by atoms with E-state index in [1.165, 1.54) is 0 Å². The highest BCUT2D eigenvalue weighted by molar-refractivity contribution is 7.91. The van der Waals surface area contributed by atoms with Crippen LogP contribution in [0.3, 0.4) is 0 Å². The van der Waals surface area contributed by atoms with Crippen molar-refractivity contribution in [2.24, 2.45) is 11.8 Å². The Labute approximate surface area is 162 Å². The van der Waals surface area contributed by atoms with Gasteiger partial charge in [0.15, 0.2) is 0 Å². The molecule has 0 amide bonds. The predicted octanol–water partition coefficient (Wildman–Crippen LogP) is 1.63. The molecule has 0 bridgehead atoms. The van der Waals surface area contributed by atoms with E-state index >= 15 is 0 Å². The van der Waals surface area contributed by atoms with E-state index in [2.05, 4.69) is 15.9 Å². The normalized spacial score (nSPS) is 23.3. The van der Waals surface area contributed by atoms with Gasteiger partial charge in [0, 0.05) is 38.5 Å². The summed E-state index contributed by atoms with van der Waals surface area (Å²) in [5.41, 5.74) is 0.645. The molecule has 0 aromatic heterocycles. The van der Waals surface area contributed by atoms with Crippen LogP contribution in [0.25, 0.3) is 0 Å². The summed E-state index contributed by atoms with van der Waals surface area (Å²) < 4.78 is 29.0. The molecule has 0 N–H and O–H groups in total. The minimum absolute atomic E-state index is 0.248. The Hall–Kier alpha value is -1.62. The number of hydrogen-bond donors (Lipinski definition) is 0. The van der Waals surface area contributed by atoms with Crippen LogP contribution in [0, 0.1) is 23.2 Å². The van der Waals surface area contributed by atoms with Gasteiger partial charge in [-0.05, 0) is 49.1 Å². The van der Waals surface area contributed by atoms with Crippen molar-refractivity contribution in [1.29, 1.82) is 5.26 Å². The molecule has 1 aromatic rings. The molecule has 3 rings (SSSR count). The molecule has 0 saturated carbocycles. The summed E-state index contributed by atoms with van der Waals surface area (Å²) in [4.78, 5) is 4.91. The molecule has 2 aliphatic heterocycles. The van der Waals surface area contributed by atoms with Crippen LogP contribution in [-0.4, -0.2) is 75.6 Å². The molecule has 1 aromatic carbocycles. The molecular weight excluding hydrogens is 362 g/mol. The van der Waals surface area contributed by atoms with Gasteiger partial charge in [-0.3, -0.25) is 4.90 Å². The third-order valence-corrected chi connectivity index (χ3v) is 7.46. The molecule has 2 atom stereocenters. The van der Waals surface area contributed by atoms with Crippen molar-refractivity contribution in [2.45, 2.75) is 13.3 Å². The summed E-state index contributed by atoms with van der Waals surface area (Å²) >= 11 is 0. The second kappa shape index (κ2) is 9.05. The number of rotatable bonds is 9. The average Bonchev–Trinajstić information content (AvgIpc) is 3.20. The third kappa shape index (κ3) is 5.68. The highest BCUT2D eigenvalue weighted by Crippen LogP contribution is 2.30. The lowest BCUT2D eigenvalue weighted by atomic mass is 10.0. The number of benzene rings is 1. The van der Waals surface area contributed by atoms with Crippen LogP contribution in [0.4, 0.5) is 0 Å². The third-order valence-electron chi connectivity index (χ3n) is 5.67. The number of sulfone groups is 1. The number of likely N-dealkylation sites (tertiary alicyclic amines) is 2. The Morgan fingerprint density at radius 3 is 2.22 bits per heavy atom. The predicted molar refractivity (Wildman–Crippen MR) is 105 cm³/mol. The largest absolute Gasteiger partial charge is 0.492 e. The van der Waals surface area contributed by atoms with E-state index in [0.29, 0.717) is 29.8 Å². The van der Waals surface area contributed by atoms with Gasteiger partial charge in [-0.1, -0.05) is 6.92 Å². The van der Waals surface area contributed by atoms with Crippen molar-refractivity contribution < 1.29 is 13.2 Å². The van der Waals surface area contributed by atoms with Gasteiger partial charge in [0.05, 0.1) is 17.4 Å². The number of nitrogens with zero attached hydrogens (tertiary/aromatic N) is 3. The van der Waals surface area contributed by atoms with Gasteiger partial charge in [0.2, 0.25) is 0 Å². The number of hydrogen-bond acceptors (Lipinski definition) is 6. The van der Waals surface area contributed by atoms with Crippen LogP contribution in [0.2, 0.25) is 0 Å². The van der Waals surface area contributed by atoms with E-state index in [1.54, 1.807) is 19.1 Å². The zero-order valence-corrected chi connectivity index (χ0v) is 16.8. The molecule has 2 unspecified atom stereocenters. The Bertz CT molecular complexity index is 744. The van der Waals surface area contributed by atoms with Crippen LogP contribution < -0.4 is 4.74 Å². The Balaban J connectivity index is 1.33. The van der Waals surface area contributed by atoms with Gasteiger partial charge < -0.3 is 9.64 Å². The van der Waals surface area contributed by atoms with Crippen LogP contribution in [-0.2, 0) is 9.84 Å². The first-order valence-electron chi connectivity index (χ1n) is 9.77. The van der Waals surface area contributed by atoms with Crippen molar-refractivity contribution in [3.8, 4) is 11.8 Å². The molecule has 2 aliphatic rings. The highest BCUT2D eigenvalue weighted by atomic mass is 32.2. The lowest BCUT2D eigenvalue weighted by molar-refractivity contribution is 0.212. The maximum absolute atomic E-state index is 11.6. The van der Waals surface area contributed by atoms with Crippen molar-refractivity contribution >= 4 is 9.84 Å². The van der Waals surface area contributed by atoms with E-state index in [-0.39, 0.29) is 5.75 Å². The molecule has 0 aliphatic carbocycles. The molecule has 7 heteroatoms. The zero-order valence-electron chi connectivity index (χ0n) is 16.0. The average molecular weight is 392 g/mol. The SMILES string of the molecule is CCS(=O)(=O)CCCN1CC2CN(CCOc3ccc(C#N)cc3)CC2C1. The molecule has 2 fully saturated rings. The van der Waals surface area contributed by atoms with Crippen molar-refractivity contribution in [2.75, 3.05) is 57.4 Å². The van der Waals surface area contributed by atoms with Crippen LogP contribution >= 0.6 is 0 Å². The zero-order chi connectivity index (χ0) is 19.3. The molecule has 27 heavy (non-hydrogen) atoms. The minimum Gasteiger partial charge on any atom is -0.492 e. The molecule has 0 spiro atoms. The molecule has 6 nitrogen and oxygen atoms in total. The fraction of sp³-hybridized carbons (Fsp3) is 0.650. The molecule has 148 valence electrons. The Morgan fingerprint density at radius 2 is 1.67 bits per heavy atom. The first-order valence-corrected chi connectivity index (χ1v) is 11.6. The molecule has 2 heterocycles. The monoisotopic (exact) mass is 391 g/mol. The van der Waals surface area contributed by atoms with Gasteiger partial charge in [-0.25, -0.2) is 8.42 Å². The summed E-state index contributed by atoms with van der Waals surface area (Å²) in [7, 11) is -2.84. The van der Waals surface area contributed by atoms with Crippen LogP contribution in [0.1, 0.15) is 18.9 Å². The number of nitriles is 1. The van der Waals surface area contributed by atoms with Gasteiger partial charge >= 0.3 is 0 Å². The van der Waals surface area contributed by atoms with Crippen molar-refractivity contribution in [3.63, 3.8) is 0 Å². The van der Waals surface area contributed by atoms with E-state index in [9.17, 15) is 8.42 Å². The van der Waals surface area contributed by atoms with Gasteiger partial charge in [-0.15, -0.1) is 0 Å². The smallest absolute Gasteiger partial charge is 0.150 e. The highest BCUT2D eigenvalue weighted by Gasteiger charge is 2.39. The first-order chi connectivity index (χ1) is 13.0. The maximum Gasteiger partial charge on any atom is 0.150 e. The second-order valence-corrected chi connectivity index (χ2v) is 10.1. The molecule has 0 radical (unpaired) electrons. The standard InChI is InChI=1S/C20H29N3O3S/c1-2-27(24,25)11-3-8-22-13-18-15-23(16-19(18)14-22)9-10-26-20-6-4-17(12-21)5-7-20/h4-7,18-19H,2-3,8-11,13-16H2,1H3. The lowest BCUT2D eigenvalue weighted by Gasteiger charge is -2.21. The number of fused-ring (bicyclic) bond motifs is 1.